The number of hydrogen-bond donors (Lipinski definition) is 2. The summed E-state index contributed by atoms with van der Waals surface area (Å²) in [5.74, 6) is 0.822. The van der Waals surface area contributed by atoms with E-state index in [0.29, 0.717) is 35.5 Å². The molecule has 0 saturated carbocycles. The number of rotatable bonds is 7. The molecule has 3 aromatic rings. The minimum absolute atomic E-state index is 0.278. The van der Waals surface area contributed by atoms with Crippen molar-refractivity contribution in [2.75, 3.05) is 11.9 Å². The van der Waals surface area contributed by atoms with Crippen LogP contribution in [-0.4, -0.2) is 22.4 Å². The van der Waals surface area contributed by atoms with Crippen molar-refractivity contribution in [1.82, 2.24) is 15.3 Å². The van der Waals surface area contributed by atoms with Gasteiger partial charge in [-0.2, -0.15) is 0 Å². The SMILES string of the molecule is O=C(NCc1ccco1)c1ccnc(NCCc2ccc(Cl)cc2)n1. The summed E-state index contributed by atoms with van der Waals surface area (Å²) < 4.78 is 5.18. The van der Waals surface area contributed by atoms with Crippen molar-refractivity contribution in [2.45, 2.75) is 13.0 Å². The molecule has 0 aliphatic rings. The second-order valence-electron chi connectivity index (χ2n) is 5.33. The Balaban J connectivity index is 1.51. The van der Waals surface area contributed by atoms with Crippen molar-refractivity contribution in [3.8, 4) is 0 Å². The topological polar surface area (TPSA) is 80.0 Å². The molecule has 0 aliphatic carbocycles. The smallest absolute Gasteiger partial charge is 0.270 e. The number of hydrogen-bond acceptors (Lipinski definition) is 5. The number of anilines is 1. The molecule has 0 aliphatic heterocycles. The van der Waals surface area contributed by atoms with Gasteiger partial charge in [0, 0.05) is 17.8 Å². The predicted octanol–water partition coefficient (Wildman–Crippen LogP) is 3.31. The van der Waals surface area contributed by atoms with Gasteiger partial charge in [-0.3, -0.25) is 4.79 Å². The van der Waals surface area contributed by atoms with Gasteiger partial charge in [-0.05, 0) is 42.3 Å². The highest BCUT2D eigenvalue weighted by Gasteiger charge is 2.09. The second-order valence-corrected chi connectivity index (χ2v) is 5.77. The number of halogens is 1. The Kier molecular flexibility index (Phi) is 5.64. The number of aromatic nitrogens is 2. The lowest BCUT2D eigenvalue weighted by Gasteiger charge is -2.07. The fourth-order valence-corrected chi connectivity index (χ4v) is 2.34. The van der Waals surface area contributed by atoms with E-state index >= 15 is 0 Å². The maximum absolute atomic E-state index is 12.1. The Hall–Kier alpha value is -2.86. The third-order valence-corrected chi connectivity index (χ3v) is 3.75. The number of carbonyl (C=O) groups is 1. The molecule has 1 aromatic carbocycles. The fourth-order valence-electron chi connectivity index (χ4n) is 2.21. The Labute approximate surface area is 150 Å². The maximum Gasteiger partial charge on any atom is 0.270 e. The van der Waals surface area contributed by atoms with Gasteiger partial charge in [0.1, 0.15) is 11.5 Å². The average Bonchev–Trinajstić information content (AvgIpc) is 3.15. The lowest BCUT2D eigenvalue weighted by molar-refractivity contribution is 0.0943. The molecule has 0 radical (unpaired) electrons. The van der Waals surface area contributed by atoms with Gasteiger partial charge in [0.05, 0.1) is 12.8 Å². The van der Waals surface area contributed by atoms with E-state index in [9.17, 15) is 4.79 Å². The standard InChI is InChI=1S/C18H17ClN4O2/c19-14-5-3-13(4-6-14)7-9-20-18-21-10-8-16(23-18)17(24)22-12-15-2-1-11-25-15/h1-6,8,10-11H,7,9,12H2,(H,22,24)(H,20,21,23). The molecule has 2 heterocycles. The summed E-state index contributed by atoms with van der Waals surface area (Å²) >= 11 is 5.87. The van der Waals surface area contributed by atoms with Crippen LogP contribution in [0.25, 0.3) is 0 Å². The van der Waals surface area contributed by atoms with Gasteiger partial charge in [-0.25, -0.2) is 9.97 Å². The Morgan fingerprint density at radius 1 is 1.16 bits per heavy atom. The van der Waals surface area contributed by atoms with Crippen LogP contribution in [0.15, 0.2) is 59.3 Å². The quantitative estimate of drug-likeness (QED) is 0.679. The molecule has 0 spiro atoms. The zero-order valence-electron chi connectivity index (χ0n) is 13.4. The van der Waals surface area contributed by atoms with Crippen molar-refractivity contribution in [2.24, 2.45) is 0 Å². The van der Waals surface area contributed by atoms with E-state index in [1.54, 1.807) is 30.7 Å². The van der Waals surface area contributed by atoms with Crippen LogP contribution >= 0.6 is 11.6 Å². The Morgan fingerprint density at radius 3 is 2.76 bits per heavy atom. The van der Waals surface area contributed by atoms with Crippen LogP contribution in [0.2, 0.25) is 5.02 Å². The zero-order valence-corrected chi connectivity index (χ0v) is 14.2. The highest BCUT2D eigenvalue weighted by atomic mass is 35.5. The zero-order chi connectivity index (χ0) is 17.5. The van der Waals surface area contributed by atoms with Crippen molar-refractivity contribution in [3.63, 3.8) is 0 Å². The van der Waals surface area contributed by atoms with E-state index in [1.807, 2.05) is 24.3 Å². The van der Waals surface area contributed by atoms with E-state index in [-0.39, 0.29) is 5.91 Å². The molecule has 0 bridgehead atoms. The first-order valence-corrected chi connectivity index (χ1v) is 8.20. The molecular weight excluding hydrogens is 340 g/mol. The monoisotopic (exact) mass is 356 g/mol. The van der Waals surface area contributed by atoms with Crippen LogP contribution in [-0.2, 0) is 13.0 Å². The summed E-state index contributed by atoms with van der Waals surface area (Å²) in [4.78, 5) is 20.5. The van der Waals surface area contributed by atoms with Crippen LogP contribution in [0.5, 0.6) is 0 Å². The molecule has 25 heavy (non-hydrogen) atoms. The molecule has 2 N–H and O–H groups in total. The Morgan fingerprint density at radius 2 is 2.00 bits per heavy atom. The molecule has 3 rings (SSSR count). The number of amides is 1. The van der Waals surface area contributed by atoms with Crippen LogP contribution in [0.3, 0.4) is 0 Å². The van der Waals surface area contributed by atoms with E-state index in [4.69, 9.17) is 16.0 Å². The first-order valence-electron chi connectivity index (χ1n) is 7.82. The van der Waals surface area contributed by atoms with E-state index in [0.717, 1.165) is 12.0 Å². The summed E-state index contributed by atoms with van der Waals surface area (Å²) in [5.41, 5.74) is 1.46. The van der Waals surface area contributed by atoms with Crippen molar-refractivity contribution >= 4 is 23.5 Å². The maximum atomic E-state index is 12.1. The van der Waals surface area contributed by atoms with Gasteiger partial charge < -0.3 is 15.1 Å². The summed E-state index contributed by atoms with van der Waals surface area (Å²) in [7, 11) is 0. The summed E-state index contributed by atoms with van der Waals surface area (Å²) in [5, 5.41) is 6.59. The summed E-state index contributed by atoms with van der Waals surface area (Å²) in [6.07, 6.45) is 3.92. The average molecular weight is 357 g/mol. The fraction of sp³-hybridized carbons (Fsp3) is 0.167. The minimum Gasteiger partial charge on any atom is -0.467 e. The Bertz CT molecular complexity index is 819. The molecule has 0 fully saturated rings. The highest BCUT2D eigenvalue weighted by Crippen LogP contribution is 2.10. The van der Waals surface area contributed by atoms with E-state index in [2.05, 4.69) is 20.6 Å². The lowest BCUT2D eigenvalue weighted by Crippen LogP contribution is -2.24. The van der Waals surface area contributed by atoms with Gasteiger partial charge in [-0.15, -0.1) is 0 Å². The van der Waals surface area contributed by atoms with Crippen molar-refractivity contribution < 1.29 is 9.21 Å². The molecular formula is C18H17ClN4O2. The molecule has 0 saturated heterocycles. The normalized spacial score (nSPS) is 10.4. The minimum atomic E-state index is -0.278. The summed E-state index contributed by atoms with van der Waals surface area (Å²) in [6, 6.07) is 12.8. The van der Waals surface area contributed by atoms with Gasteiger partial charge in [0.25, 0.3) is 5.91 Å². The summed E-state index contributed by atoms with van der Waals surface area (Å²) in [6.45, 7) is 0.967. The molecule has 2 aromatic heterocycles. The first kappa shape index (κ1) is 17.0. The number of carbonyl (C=O) groups excluding carboxylic acids is 1. The van der Waals surface area contributed by atoms with Crippen molar-refractivity contribution in [1.29, 1.82) is 0 Å². The third-order valence-electron chi connectivity index (χ3n) is 3.50. The molecule has 128 valence electrons. The third kappa shape index (κ3) is 5.06. The largest absolute Gasteiger partial charge is 0.467 e. The molecule has 7 heteroatoms. The second kappa shape index (κ2) is 8.30. The van der Waals surface area contributed by atoms with Gasteiger partial charge in [0.15, 0.2) is 0 Å². The number of nitrogens with zero attached hydrogens (tertiary/aromatic N) is 2. The predicted molar refractivity (Wildman–Crippen MR) is 95.6 cm³/mol. The van der Waals surface area contributed by atoms with Gasteiger partial charge in [-0.1, -0.05) is 23.7 Å². The van der Waals surface area contributed by atoms with E-state index in [1.165, 1.54) is 0 Å². The molecule has 0 atom stereocenters. The number of furan rings is 1. The highest BCUT2D eigenvalue weighted by molar-refractivity contribution is 6.30. The molecule has 6 nitrogen and oxygen atoms in total. The van der Waals surface area contributed by atoms with Crippen molar-refractivity contribution in [3.05, 3.63) is 77.0 Å². The van der Waals surface area contributed by atoms with Crippen LogP contribution < -0.4 is 10.6 Å². The van der Waals surface area contributed by atoms with Crippen LogP contribution in [0, 0.1) is 0 Å². The van der Waals surface area contributed by atoms with E-state index < -0.39 is 0 Å². The van der Waals surface area contributed by atoms with Gasteiger partial charge in [0.2, 0.25) is 5.95 Å². The first-order chi connectivity index (χ1) is 12.2. The molecule has 1 amide bonds. The number of nitrogens with one attached hydrogen (secondary N) is 2. The lowest BCUT2D eigenvalue weighted by atomic mass is 10.1. The van der Waals surface area contributed by atoms with Crippen LogP contribution in [0.1, 0.15) is 21.8 Å². The number of benzene rings is 1. The van der Waals surface area contributed by atoms with Gasteiger partial charge >= 0.3 is 0 Å². The molecule has 0 unspecified atom stereocenters. The van der Waals surface area contributed by atoms with Crippen LogP contribution in [0.4, 0.5) is 5.95 Å².